The smallest absolute Gasteiger partial charge is 0.135 e. The van der Waals surface area contributed by atoms with E-state index in [0.717, 1.165) is 62.7 Å². The lowest BCUT2D eigenvalue weighted by atomic mass is 9.92. The first-order valence-corrected chi connectivity index (χ1v) is 15.1. The molecule has 1 aliphatic carbocycles. The minimum atomic E-state index is 0.648. The molecule has 5 aromatic carbocycles. The van der Waals surface area contributed by atoms with Gasteiger partial charge in [0.2, 0.25) is 0 Å². The van der Waals surface area contributed by atoms with E-state index in [-0.39, 0.29) is 0 Å². The Bertz CT molecular complexity index is 2540. The molecular formula is C39H22N2OS. The average Bonchev–Trinajstić information content (AvgIpc) is 3.73. The van der Waals surface area contributed by atoms with Crippen LogP contribution in [0.5, 0.6) is 0 Å². The molecule has 3 heterocycles. The number of aryl methyl sites for hydroxylation is 1. The minimum Gasteiger partial charge on any atom is -0.456 e. The van der Waals surface area contributed by atoms with Crippen molar-refractivity contribution in [2.45, 2.75) is 12.8 Å². The van der Waals surface area contributed by atoms with Gasteiger partial charge in [-0.15, -0.1) is 17.8 Å². The second-order valence-corrected chi connectivity index (χ2v) is 12.1. The van der Waals surface area contributed by atoms with Gasteiger partial charge in [0.25, 0.3) is 0 Å². The van der Waals surface area contributed by atoms with Crippen LogP contribution in [-0.2, 0) is 12.8 Å². The number of thiophene rings is 1. The quantitative estimate of drug-likeness (QED) is 0.195. The first-order valence-electron chi connectivity index (χ1n) is 14.3. The molecule has 3 aromatic heterocycles. The van der Waals surface area contributed by atoms with Crippen molar-refractivity contribution in [1.82, 2.24) is 4.57 Å². The van der Waals surface area contributed by atoms with Crippen molar-refractivity contribution in [3.63, 3.8) is 0 Å². The monoisotopic (exact) mass is 566 g/mol. The van der Waals surface area contributed by atoms with Gasteiger partial charge in [0, 0.05) is 48.1 Å². The van der Waals surface area contributed by atoms with Crippen molar-refractivity contribution in [3.05, 3.63) is 126 Å². The largest absolute Gasteiger partial charge is 0.456 e. The minimum absolute atomic E-state index is 0.648. The van der Waals surface area contributed by atoms with Gasteiger partial charge in [-0.1, -0.05) is 60.5 Å². The van der Waals surface area contributed by atoms with Gasteiger partial charge in [-0.3, -0.25) is 0 Å². The molecule has 0 aliphatic heterocycles. The number of hydrogen-bond donors (Lipinski definition) is 0. The molecule has 200 valence electrons. The lowest BCUT2D eigenvalue weighted by Crippen LogP contribution is -2.09. The summed E-state index contributed by atoms with van der Waals surface area (Å²) in [6.07, 6.45) is 7.59. The predicted molar refractivity (Wildman–Crippen MR) is 177 cm³/mol. The van der Waals surface area contributed by atoms with E-state index in [4.69, 9.17) is 10.8 Å². The molecule has 8 aromatic rings. The van der Waals surface area contributed by atoms with Crippen LogP contribution in [0.4, 0.5) is 0 Å². The third-order valence-electron chi connectivity index (χ3n) is 8.84. The highest BCUT2D eigenvalue weighted by Gasteiger charge is 2.29. The summed E-state index contributed by atoms with van der Waals surface area (Å²) in [5.74, 6) is 2.74. The number of furan rings is 1. The Kier molecular flexibility index (Phi) is 5.03. The number of nitriles is 1. The van der Waals surface area contributed by atoms with E-state index in [2.05, 4.69) is 83.3 Å². The van der Waals surface area contributed by atoms with Gasteiger partial charge in [-0.05, 0) is 77.9 Å². The topological polar surface area (TPSA) is 41.9 Å². The van der Waals surface area contributed by atoms with Crippen molar-refractivity contribution in [2.24, 2.45) is 0 Å². The number of benzene rings is 5. The molecule has 43 heavy (non-hydrogen) atoms. The summed E-state index contributed by atoms with van der Waals surface area (Å²) < 4.78 is 9.84. The van der Waals surface area contributed by atoms with Gasteiger partial charge in [-0.2, -0.15) is 5.26 Å². The lowest BCUT2D eigenvalue weighted by Gasteiger charge is -2.20. The van der Waals surface area contributed by atoms with Gasteiger partial charge in [0.1, 0.15) is 17.2 Å². The summed E-state index contributed by atoms with van der Waals surface area (Å²) in [7, 11) is 0. The van der Waals surface area contributed by atoms with Crippen molar-refractivity contribution in [1.29, 1.82) is 5.26 Å². The zero-order chi connectivity index (χ0) is 28.7. The molecule has 0 spiro atoms. The number of para-hydroxylation sites is 2. The fourth-order valence-corrected chi connectivity index (χ4v) is 8.31. The normalized spacial score (nSPS) is 12.4. The molecule has 1 aliphatic rings. The third-order valence-corrected chi connectivity index (χ3v) is 10.1. The Morgan fingerprint density at radius 2 is 1.56 bits per heavy atom. The van der Waals surface area contributed by atoms with Crippen molar-refractivity contribution in [2.75, 3.05) is 0 Å². The van der Waals surface area contributed by atoms with E-state index in [1.807, 2.05) is 47.7 Å². The van der Waals surface area contributed by atoms with E-state index < -0.39 is 0 Å². The summed E-state index contributed by atoms with van der Waals surface area (Å²) in [5.41, 5.74) is 11.2. The summed E-state index contributed by atoms with van der Waals surface area (Å²) in [4.78, 5) is 1.35. The summed E-state index contributed by atoms with van der Waals surface area (Å²) in [6.45, 7) is 0. The molecule has 0 amide bonds. The zero-order valence-electron chi connectivity index (χ0n) is 23.0. The molecule has 0 bridgehead atoms. The van der Waals surface area contributed by atoms with Crippen molar-refractivity contribution in [3.8, 4) is 45.7 Å². The van der Waals surface area contributed by atoms with Crippen molar-refractivity contribution >= 4 is 54.3 Å². The Morgan fingerprint density at radius 1 is 0.767 bits per heavy atom. The average molecular weight is 567 g/mol. The molecule has 0 unspecified atom stereocenters. The second-order valence-electron chi connectivity index (χ2n) is 11.1. The van der Waals surface area contributed by atoms with Crippen LogP contribution in [0, 0.1) is 23.7 Å². The fourth-order valence-electron chi connectivity index (χ4n) is 6.97. The molecule has 0 fully saturated rings. The van der Waals surface area contributed by atoms with E-state index >= 15 is 0 Å². The Hall–Kier alpha value is -5.55. The van der Waals surface area contributed by atoms with Gasteiger partial charge >= 0.3 is 0 Å². The molecule has 0 radical (unpaired) electrons. The molecule has 0 N–H and O–H groups in total. The summed E-state index contributed by atoms with van der Waals surface area (Å²) in [5, 5.41) is 15.0. The zero-order valence-corrected chi connectivity index (χ0v) is 23.8. The number of hydrogen-bond acceptors (Lipinski definition) is 3. The molecule has 3 nitrogen and oxygen atoms in total. The number of aromatic nitrogens is 1. The van der Waals surface area contributed by atoms with Crippen LogP contribution < -0.4 is 0 Å². The number of terminal acetylenes is 1. The second kappa shape index (κ2) is 8.97. The van der Waals surface area contributed by atoms with E-state index in [9.17, 15) is 5.26 Å². The Morgan fingerprint density at radius 3 is 2.42 bits per heavy atom. The SMILES string of the molecule is C#Cc1ccc2oc3ccc(-c4cccc(C#N)c4-n4c5c(c6ccccc64)-c4sc6ccccc6c4CC5)cc3c2c1. The maximum Gasteiger partial charge on any atom is 0.135 e. The summed E-state index contributed by atoms with van der Waals surface area (Å²) >= 11 is 1.88. The molecule has 4 heteroatoms. The first-order chi connectivity index (χ1) is 21.2. The van der Waals surface area contributed by atoms with Crippen LogP contribution >= 0.6 is 11.3 Å². The van der Waals surface area contributed by atoms with Crippen LogP contribution in [0.25, 0.3) is 70.2 Å². The van der Waals surface area contributed by atoms with Crippen LogP contribution in [0.15, 0.2) is 108 Å². The number of rotatable bonds is 2. The number of fused-ring (bicyclic) bond motifs is 10. The van der Waals surface area contributed by atoms with Gasteiger partial charge in [0.15, 0.2) is 0 Å². The maximum atomic E-state index is 10.5. The van der Waals surface area contributed by atoms with E-state index in [1.54, 1.807) is 0 Å². The van der Waals surface area contributed by atoms with Crippen LogP contribution in [-0.4, -0.2) is 4.57 Å². The number of nitrogens with zero attached hydrogens (tertiary/aromatic N) is 2. The van der Waals surface area contributed by atoms with E-state index in [0.29, 0.717) is 5.56 Å². The summed E-state index contributed by atoms with van der Waals surface area (Å²) in [6, 6.07) is 38.1. The maximum absolute atomic E-state index is 10.5. The predicted octanol–water partition coefficient (Wildman–Crippen LogP) is 10.0. The lowest BCUT2D eigenvalue weighted by molar-refractivity contribution is 0.669. The van der Waals surface area contributed by atoms with E-state index in [1.165, 1.54) is 37.2 Å². The highest BCUT2D eigenvalue weighted by Crippen LogP contribution is 2.49. The Balaban J connectivity index is 1.35. The van der Waals surface area contributed by atoms with Gasteiger partial charge < -0.3 is 8.98 Å². The molecule has 0 saturated carbocycles. The first kappa shape index (κ1) is 24.1. The van der Waals surface area contributed by atoms with Crippen LogP contribution in [0.2, 0.25) is 0 Å². The molecular weight excluding hydrogens is 545 g/mol. The molecule has 0 saturated heterocycles. The molecule has 9 rings (SSSR count). The third kappa shape index (κ3) is 3.36. The van der Waals surface area contributed by atoms with Gasteiger partial charge in [0.05, 0.1) is 16.8 Å². The highest BCUT2D eigenvalue weighted by atomic mass is 32.1. The van der Waals surface area contributed by atoms with Gasteiger partial charge in [-0.25, -0.2) is 0 Å². The highest BCUT2D eigenvalue weighted by molar-refractivity contribution is 7.22. The van der Waals surface area contributed by atoms with Crippen LogP contribution in [0.3, 0.4) is 0 Å². The van der Waals surface area contributed by atoms with Crippen LogP contribution in [0.1, 0.15) is 22.4 Å². The Labute approximate surface area is 251 Å². The standard InChI is InChI=1S/C39H22N2OS/c1-2-23-14-18-34-30(20-23)31-21-24(15-19-35(31)42-34)26-11-7-8-25(22-40)38(26)41-32-12-5-3-10-29(32)37-33(41)17-16-28-27-9-4-6-13-36(27)43-39(28)37/h1,3-15,18-21H,16-17H2. The molecule has 0 atom stereocenters. The fraction of sp³-hybridized carbons (Fsp3) is 0.0513. The van der Waals surface area contributed by atoms with Crippen molar-refractivity contribution < 1.29 is 4.42 Å².